The molecule has 1 fully saturated rings. The fourth-order valence-corrected chi connectivity index (χ4v) is 3.58. The molecule has 142 valence electrons. The second kappa shape index (κ2) is 8.30. The fourth-order valence-electron chi connectivity index (χ4n) is 3.58. The number of hydrogen-bond donors (Lipinski definition) is 0. The molecule has 0 N–H and O–H groups in total. The minimum Gasteiger partial charge on any atom is -0.489 e. The average Bonchev–Trinajstić information content (AvgIpc) is 2.71. The molecule has 1 heterocycles. The van der Waals surface area contributed by atoms with Gasteiger partial charge in [0.15, 0.2) is 0 Å². The summed E-state index contributed by atoms with van der Waals surface area (Å²) >= 11 is 0. The first-order valence-corrected chi connectivity index (χ1v) is 9.81. The van der Waals surface area contributed by atoms with Gasteiger partial charge < -0.3 is 9.64 Å². The molecule has 3 nitrogen and oxygen atoms in total. The van der Waals surface area contributed by atoms with Crippen molar-refractivity contribution in [3.05, 3.63) is 101 Å². The van der Waals surface area contributed by atoms with E-state index in [-0.39, 0.29) is 5.91 Å². The second-order valence-corrected chi connectivity index (χ2v) is 7.61. The highest BCUT2D eigenvalue weighted by atomic mass is 16.5. The molecule has 3 aromatic carbocycles. The summed E-state index contributed by atoms with van der Waals surface area (Å²) in [5, 5.41) is 0. The molecular weight excluding hydrogens is 346 g/mol. The van der Waals surface area contributed by atoms with E-state index in [1.165, 1.54) is 11.1 Å². The Hall–Kier alpha value is -3.07. The number of benzene rings is 3. The Labute approximate surface area is 166 Å². The number of likely N-dealkylation sites (tertiary alicyclic amines) is 1. The van der Waals surface area contributed by atoms with Gasteiger partial charge in [0.25, 0.3) is 5.91 Å². The normalized spacial score (nSPS) is 13.8. The van der Waals surface area contributed by atoms with E-state index in [4.69, 9.17) is 4.74 Å². The Balaban J connectivity index is 1.39. The van der Waals surface area contributed by atoms with Crippen LogP contribution in [0.4, 0.5) is 0 Å². The fraction of sp³-hybridized carbons (Fsp3) is 0.240. The molecule has 4 rings (SSSR count). The molecule has 1 saturated heterocycles. The quantitative estimate of drug-likeness (QED) is 0.614. The number of hydrogen-bond acceptors (Lipinski definition) is 2. The maximum Gasteiger partial charge on any atom is 0.253 e. The van der Waals surface area contributed by atoms with Crippen molar-refractivity contribution in [2.24, 2.45) is 5.92 Å². The molecule has 0 spiro atoms. The maximum atomic E-state index is 12.5. The van der Waals surface area contributed by atoms with Crippen LogP contribution in [-0.4, -0.2) is 23.9 Å². The zero-order valence-electron chi connectivity index (χ0n) is 16.2. The van der Waals surface area contributed by atoms with E-state index < -0.39 is 0 Å². The van der Waals surface area contributed by atoms with Gasteiger partial charge in [0.2, 0.25) is 0 Å². The van der Waals surface area contributed by atoms with E-state index in [2.05, 4.69) is 43.3 Å². The van der Waals surface area contributed by atoms with Gasteiger partial charge in [0.1, 0.15) is 12.4 Å². The lowest BCUT2D eigenvalue weighted by Gasteiger charge is -2.37. The summed E-state index contributed by atoms with van der Waals surface area (Å²) < 4.78 is 6.00. The minimum absolute atomic E-state index is 0.116. The zero-order chi connectivity index (χ0) is 19.3. The Morgan fingerprint density at radius 3 is 2.39 bits per heavy atom. The van der Waals surface area contributed by atoms with Crippen molar-refractivity contribution in [3.8, 4) is 5.75 Å². The van der Waals surface area contributed by atoms with Crippen molar-refractivity contribution in [3.63, 3.8) is 0 Å². The first-order chi connectivity index (χ1) is 13.7. The zero-order valence-corrected chi connectivity index (χ0v) is 16.2. The molecule has 0 radical (unpaired) electrons. The molecule has 0 unspecified atom stereocenters. The smallest absolute Gasteiger partial charge is 0.253 e. The molecular formula is C25H25NO2. The van der Waals surface area contributed by atoms with Gasteiger partial charge >= 0.3 is 0 Å². The van der Waals surface area contributed by atoms with Crippen LogP contribution in [0.25, 0.3) is 0 Å². The summed E-state index contributed by atoms with van der Waals surface area (Å²) in [6.45, 7) is 4.33. The first-order valence-electron chi connectivity index (χ1n) is 9.81. The molecule has 0 aromatic heterocycles. The van der Waals surface area contributed by atoms with Gasteiger partial charge in [-0.1, -0.05) is 61.5 Å². The van der Waals surface area contributed by atoms with E-state index in [1.54, 1.807) is 0 Å². The van der Waals surface area contributed by atoms with Gasteiger partial charge in [-0.05, 0) is 53.3 Å². The molecule has 28 heavy (non-hydrogen) atoms. The molecule has 1 amide bonds. The Morgan fingerprint density at radius 1 is 0.893 bits per heavy atom. The van der Waals surface area contributed by atoms with Gasteiger partial charge in [-0.15, -0.1) is 0 Å². The van der Waals surface area contributed by atoms with Crippen LogP contribution in [0.3, 0.4) is 0 Å². The predicted octanol–water partition coefficient (Wildman–Crippen LogP) is 4.95. The van der Waals surface area contributed by atoms with Crippen LogP contribution in [-0.2, 0) is 13.0 Å². The van der Waals surface area contributed by atoms with Crippen molar-refractivity contribution in [1.82, 2.24) is 4.90 Å². The van der Waals surface area contributed by atoms with E-state index in [1.807, 2.05) is 47.4 Å². The van der Waals surface area contributed by atoms with Gasteiger partial charge in [0, 0.05) is 18.7 Å². The van der Waals surface area contributed by atoms with Crippen LogP contribution in [0.15, 0.2) is 78.9 Å². The largest absolute Gasteiger partial charge is 0.489 e. The molecule has 1 aliphatic rings. The highest BCUT2D eigenvalue weighted by Gasteiger charge is 2.27. The lowest BCUT2D eigenvalue weighted by Crippen LogP contribution is -2.48. The van der Waals surface area contributed by atoms with Crippen LogP contribution in [0.2, 0.25) is 0 Å². The van der Waals surface area contributed by atoms with Crippen LogP contribution in [0.1, 0.15) is 34.0 Å². The van der Waals surface area contributed by atoms with Gasteiger partial charge in [-0.3, -0.25) is 4.79 Å². The monoisotopic (exact) mass is 371 g/mol. The third-order valence-electron chi connectivity index (χ3n) is 5.08. The van der Waals surface area contributed by atoms with Crippen LogP contribution in [0.5, 0.6) is 5.75 Å². The van der Waals surface area contributed by atoms with Crippen molar-refractivity contribution < 1.29 is 9.53 Å². The average molecular weight is 371 g/mol. The highest BCUT2D eigenvalue weighted by molar-refractivity contribution is 5.94. The van der Waals surface area contributed by atoms with Crippen LogP contribution < -0.4 is 4.74 Å². The molecule has 0 atom stereocenters. The van der Waals surface area contributed by atoms with Gasteiger partial charge in [-0.25, -0.2) is 0 Å². The number of carbonyl (C=O) groups is 1. The highest BCUT2D eigenvalue weighted by Crippen LogP contribution is 2.20. The number of ether oxygens (including phenoxy) is 1. The number of carbonyl (C=O) groups excluding carboxylic acids is 1. The van der Waals surface area contributed by atoms with E-state index >= 15 is 0 Å². The SMILES string of the molecule is CC1CN(C(=O)c2cccc(COc3cccc(Cc4ccccc4)c3)c2)C1. The standard InChI is InChI=1S/C25H25NO2/c1-19-16-26(17-19)25(27)23-11-5-10-22(14-23)18-28-24-12-6-9-21(15-24)13-20-7-3-2-4-8-20/h2-12,14-15,19H,13,16-18H2,1H3. The lowest BCUT2D eigenvalue weighted by atomic mass is 10.0. The Bertz CT molecular complexity index is 946. The predicted molar refractivity (Wildman–Crippen MR) is 112 cm³/mol. The van der Waals surface area contributed by atoms with Crippen LogP contribution >= 0.6 is 0 Å². The summed E-state index contributed by atoms with van der Waals surface area (Å²) in [5.41, 5.74) is 4.25. The second-order valence-electron chi connectivity index (χ2n) is 7.61. The number of amides is 1. The first kappa shape index (κ1) is 18.3. The summed E-state index contributed by atoms with van der Waals surface area (Å²) in [5.74, 6) is 1.57. The van der Waals surface area contributed by atoms with E-state index in [9.17, 15) is 4.79 Å². The Morgan fingerprint density at radius 2 is 1.61 bits per heavy atom. The maximum absolute atomic E-state index is 12.5. The molecule has 1 aliphatic heterocycles. The van der Waals surface area contributed by atoms with Crippen molar-refractivity contribution in [1.29, 1.82) is 0 Å². The summed E-state index contributed by atoms with van der Waals surface area (Å²) in [7, 11) is 0. The summed E-state index contributed by atoms with van der Waals surface area (Å²) in [6.07, 6.45) is 0.885. The van der Waals surface area contributed by atoms with Crippen molar-refractivity contribution in [2.75, 3.05) is 13.1 Å². The molecule has 3 aromatic rings. The third-order valence-corrected chi connectivity index (χ3v) is 5.08. The van der Waals surface area contributed by atoms with Gasteiger partial charge in [-0.2, -0.15) is 0 Å². The summed E-state index contributed by atoms with van der Waals surface area (Å²) in [4.78, 5) is 14.4. The van der Waals surface area contributed by atoms with E-state index in [0.29, 0.717) is 12.5 Å². The van der Waals surface area contributed by atoms with Crippen LogP contribution in [0, 0.1) is 5.92 Å². The molecule has 0 bridgehead atoms. The topological polar surface area (TPSA) is 29.5 Å². The minimum atomic E-state index is 0.116. The summed E-state index contributed by atoms with van der Waals surface area (Å²) in [6, 6.07) is 26.4. The van der Waals surface area contributed by atoms with Gasteiger partial charge in [0.05, 0.1) is 0 Å². The van der Waals surface area contributed by atoms with Crippen molar-refractivity contribution >= 4 is 5.91 Å². The third kappa shape index (κ3) is 4.42. The number of nitrogens with zero attached hydrogens (tertiary/aromatic N) is 1. The Kier molecular flexibility index (Phi) is 5.43. The van der Waals surface area contributed by atoms with Crippen molar-refractivity contribution in [2.45, 2.75) is 20.0 Å². The molecule has 0 saturated carbocycles. The lowest BCUT2D eigenvalue weighted by molar-refractivity contribution is 0.0530. The molecule has 3 heteroatoms. The molecule has 0 aliphatic carbocycles. The van der Waals surface area contributed by atoms with E-state index in [0.717, 1.165) is 36.4 Å². The number of rotatable bonds is 6.